The van der Waals surface area contributed by atoms with E-state index in [4.69, 9.17) is 14.5 Å². The average Bonchev–Trinajstić information content (AvgIpc) is 3.13. The molecule has 5 rings (SSSR count). The predicted octanol–water partition coefficient (Wildman–Crippen LogP) is 11.7. The van der Waals surface area contributed by atoms with Gasteiger partial charge in [-0.05, 0) is 96.5 Å². The van der Waals surface area contributed by atoms with Crippen LogP contribution >= 0.6 is 0 Å². The highest BCUT2D eigenvalue weighted by molar-refractivity contribution is 5.89. The van der Waals surface area contributed by atoms with Gasteiger partial charge in [0.25, 0.3) is 0 Å². The van der Waals surface area contributed by atoms with Gasteiger partial charge in [0, 0.05) is 29.9 Å². The predicted molar refractivity (Wildman–Crippen MR) is 200 cm³/mol. The number of hydrogen-bond acceptors (Lipinski definition) is 4. The Bertz CT molecular complexity index is 1620. The maximum atomic E-state index is 6.26. The molecule has 0 unspecified atom stereocenters. The number of hydrogen-bond donors (Lipinski definition) is 0. The Kier molecular flexibility index (Phi) is 12.5. The summed E-state index contributed by atoms with van der Waals surface area (Å²) in [7, 11) is 0. The van der Waals surface area contributed by atoms with Crippen molar-refractivity contribution < 1.29 is 9.47 Å². The molecule has 4 aromatic carbocycles. The zero-order valence-electron chi connectivity index (χ0n) is 28.7. The van der Waals surface area contributed by atoms with E-state index in [-0.39, 0.29) is 0 Å². The van der Waals surface area contributed by atoms with Crippen molar-refractivity contribution in [2.45, 2.75) is 66.2 Å². The number of pyridine rings is 1. The average molecular weight is 627 g/mol. The van der Waals surface area contributed by atoms with Crippen LogP contribution in [0.3, 0.4) is 0 Å². The van der Waals surface area contributed by atoms with E-state index in [1.807, 2.05) is 24.3 Å². The van der Waals surface area contributed by atoms with Crippen LogP contribution in [0.1, 0.15) is 66.2 Å². The minimum absolute atomic E-state index is 0.656. The number of nitrogens with zero attached hydrogens (tertiary/aromatic N) is 2. The molecule has 0 aliphatic rings. The number of aromatic nitrogens is 1. The normalized spacial score (nSPS) is 11.0. The highest BCUT2D eigenvalue weighted by Crippen LogP contribution is 2.41. The lowest BCUT2D eigenvalue weighted by molar-refractivity contribution is 0.318. The lowest BCUT2D eigenvalue weighted by atomic mass is 9.92. The maximum absolute atomic E-state index is 6.26. The van der Waals surface area contributed by atoms with Gasteiger partial charge in [-0.2, -0.15) is 0 Å². The van der Waals surface area contributed by atoms with Gasteiger partial charge in [0.1, 0.15) is 11.5 Å². The van der Waals surface area contributed by atoms with Crippen molar-refractivity contribution in [3.05, 3.63) is 109 Å². The molecular formula is C43H50N2O2. The van der Waals surface area contributed by atoms with Crippen LogP contribution in [0.5, 0.6) is 11.5 Å². The Hall–Kier alpha value is -4.57. The molecule has 0 spiro atoms. The molecule has 4 heteroatoms. The summed E-state index contributed by atoms with van der Waals surface area (Å²) in [5, 5.41) is 0. The van der Waals surface area contributed by atoms with Gasteiger partial charge in [-0.25, -0.2) is 4.98 Å². The summed E-state index contributed by atoms with van der Waals surface area (Å²) >= 11 is 0. The third-order valence-corrected chi connectivity index (χ3v) is 8.40. The molecule has 0 aliphatic carbocycles. The summed E-state index contributed by atoms with van der Waals surface area (Å²) in [6, 6.07) is 38.7. The number of ether oxygens (including phenoxy) is 2. The summed E-state index contributed by atoms with van der Waals surface area (Å²) in [5.74, 6) is 1.70. The first-order chi connectivity index (χ1) is 23.2. The van der Waals surface area contributed by atoms with E-state index < -0.39 is 0 Å². The first-order valence-electron chi connectivity index (χ1n) is 17.6. The summed E-state index contributed by atoms with van der Waals surface area (Å²) < 4.78 is 12.5. The highest BCUT2D eigenvalue weighted by atomic mass is 16.5. The van der Waals surface area contributed by atoms with Gasteiger partial charge in [0.05, 0.1) is 24.6 Å². The van der Waals surface area contributed by atoms with Crippen molar-refractivity contribution >= 4 is 5.69 Å². The van der Waals surface area contributed by atoms with Crippen LogP contribution in [0.25, 0.3) is 44.8 Å². The maximum Gasteiger partial charge on any atom is 0.128 e. The molecule has 0 fully saturated rings. The topological polar surface area (TPSA) is 34.6 Å². The first-order valence-corrected chi connectivity index (χ1v) is 17.6. The fraction of sp³-hybridized carbons (Fsp3) is 0.326. The lowest BCUT2D eigenvalue weighted by Gasteiger charge is -2.26. The van der Waals surface area contributed by atoms with Gasteiger partial charge in [-0.15, -0.1) is 0 Å². The van der Waals surface area contributed by atoms with Crippen LogP contribution in [0.15, 0.2) is 109 Å². The highest BCUT2D eigenvalue weighted by Gasteiger charge is 2.18. The quantitative estimate of drug-likeness (QED) is 0.103. The Morgan fingerprint density at radius 3 is 1.55 bits per heavy atom. The largest absolute Gasteiger partial charge is 0.493 e. The molecule has 1 aromatic heterocycles. The number of rotatable bonds is 17. The van der Waals surface area contributed by atoms with Crippen LogP contribution in [0, 0.1) is 0 Å². The van der Waals surface area contributed by atoms with E-state index >= 15 is 0 Å². The number of anilines is 1. The summed E-state index contributed by atoms with van der Waals surface area (Å²) in [6.45, 7) is 12.2. The molecule has 4 nitrogen and oxygen atoms in total. The van der Waals surface area contributed by atoms with E-state index in [9.17, 15) is 0 Å². The molecule has 0 saturated heterocycles. The van der Waals surface area contributed by atoms with Crippen molar-refractivity contribution in [1.82, 2.24) is 4.98 Å². The Labute approximate surface area is 282 Å². The summed E-state index contributed by atoms with van der Waals surface area (Å²) in [6.07, 6.45) is 6.57. The van der Waals surface area contributed by atoms with Gasteiger partial charge >= 0.3 is 0 Å². The van der Waals surface area contributed by atoms with Crippen molar-refractivity contribution in [2.75, 3.05) is 31.2 Å². The molecule has 0 bridgehead atoms. The fourth-order valence-corrected chi connectivity index (χ4v) is 5.90. The monoisotopic (exact) mass is 626 g/mol. The summed E-state index contributed by atoms with van der Waals surface area (Å²) in [5.41, 5.74) is 9.71. The second-order valence-electron chi connectivity index (χ2n) is 12.1. The van der Waals surface area contributed by atoms with Crippen molar-refractivity contribution in [3.8, 4) is 56.3 Å². The SMILES string of the molecule is CCCCN(CCCC)c1ccc(-c2ccccc2)c(-c2cc(-c3ccccc3OCCC)nc(-c3ccccc3OCCC)c2)c1. The molecule has 0 saturated carbocycles. The molecule has 0 radical (unpaired) electrons. The molecule has 0 amide bonds. The molecule has 47 heavy (non-hydrogen) atoms. The molecule has 0 N–H and O–H groups in total. The number of benzene rings is 4. The third-order valence-electron chi connectivity index (χ3n) is 8.40. The number of unbranched alkanes of at least 4 members (excludes halogenated alkanes) is 2. The minimum Gasteiger partial charge on any atom is -0.493 e. The van der Waals surface area contributed by atoms with Gasteiger partial charge < -0.3 is 14.4 Å². The summed E-state index contributed by atoms with van der Waals surface area (Å²) in [4.78, 5) is 7.87. The molecule has 5 aromatic rings. The first kappa shape index (κ1) is 33.8. The molecule has 0 atom stereocenters. The second-order valence-corrected chi connectivity index (χ2v) is 12.1. The van der Waals surface area contributed by atoms with Crippen molar-refractivity contribution in [1.29, 1.82) is 0 Å². The Morgan fingerprint density at radius 2 is 1.02 bits per heavy atom. The smallest absolute Gasteiger partial charge is 0.128 e. The molecule has 1 heterocycles. The fourth-order valence-electron chi connectivity index (χ4n) is 5.90. The van der Waals surface area contributed by atoms with Crippen LogP contribution in [0.2, 0.25) is 0 Å². The van der Waals surface area contributed by atoms with Gasteiger partial charge in [-0.3, -0.25) is 0 Å². The van der Waals surface area contributed by atoms with E-state index in [0.29, 0.717) is 13.2 Å². The van der Waals surface area contributed by atoms with E-state index in [0.717, 1.165) is 65.5 Å². The minimum atomic E-state index is 0.656. The molecule has 0 aliphatic heterocycles. The van der Waals surface area contributed by atoms with Crippen LogP contribution in [-0.2, 0) is 0 Å². The Morgan fingerprint density at radius 1 is 0.489 bits per heavy atom. The zero-order valence-corrected chi connectivity index (χ0v) is 28.7. The van der Waals surface area contributed by atoms with Gasteiger partial charge in [-0.1, -0.05) is 101 Å². The van der Waals surface area contributed by atoms with Crippen LogP contribution in [-0.4, -0.2) is 31.3 Å². The van der Waals surface area contributed by atoms with Crippen LogP contribution < -0.4 is 14.4 Å². The lowest BCUT2D eigenvalue weighted by Crippen LogP contribution is -2.25. The zero-order chi connectivity index (χ0) is 32.8. The van der Waals surface area contributed by atoms with Crippen molar-refractivity contribution in [2.24, 2.45) is 0 Å². The van der Waals surface area contributed by atoms with E-state index in [1.165, 1.54) is 48.1 Å². The molecular weight excluding hydrogens is 576 g/mol. The Balaban J connectivity index is 1.76. The standard InChI is InChI=1S/C43H50N2O2/c1-5-9-26-45(27-10-6-2)35-24-25-36(33-18-12-11-13-19-33)39(32-35)34-30-40(37-20-14-16-22-42(37)46-28-7-3)44-41(31-34)38-21-15-17-23-43(38)47-29-8-4/h11-25,30-32H,5-10,26-29H2,1-4H3. The van der Waals surface area contributed by atoms with Gasteiger partial charge in [0.2, 0.25) is 0 Å². The third kappa shape index (κ3) is 8.62. The van der Waals surface area contributed by atoms with Crippen molar-refractivity contribution in [3.63, 3.8) is 0 Å². The van der Waals surface area contributed by atoms with E-state index in [1.54, 1.807) is 0 Å². The van der Waals surface area contributed by atoms with Gasteiger partial charge in [0.15, 0.2) is 0 Å². The van der Waals surface area contributed by atoms with Crippen LogP contribution in [0.4, 0.5) is 5.69 Å². The second kappa shape index (κ2) is 17.4. The van der Waals surface area contributed by atoms with E-state index in [2.05, 4.69) is 118 Å². The number of para-hydroxylation sites is 2. The molecule has 244 valence electrons.